The highest BCUT2D eigenvalue weighted by Gasteiger charge is 2.25. The molecule has 1 aliphatic rings. The summed E-state index contributed by atoms with van der Waals surface area (Å²) in [6, 6.07) is 6.00. The number of H-pyrrole nitrogens is 1. The molecule has 0 saturated carbocycles. The molecule has 5 heteroatoms. The third kappa shape index (κ3) is 3.23. The zero-order valence-corrected chi connectivity index (χ0v) is 14.0. The monoisotopic (exact) mass is 312 g/mol. The van der Waals surface area contributed by atoms with E-state index in [1.807, 2.05) is 29.4 Å². The minimum atomic E-state index is 0.131. The predicted molar refractivity (Wildman–Crippen MR) is 92.0 cm³/mol. The fourth-order valence-electron chi connectivity index (χ4n) is 3.05. The fourth-order valence-corrected chi connectivity index (χ4v) is 3.05. The van der Waals surface area contributed by atoms with Gasteiger partial charge in [0, 0.05) is 44.3 Å². The van der Waals surface area contributed by atoms with E-state index >= 15 is 0 Å². The number of hydrogen-bond donors (Lipinski definition) is 1. The van der Waals surface area contributed by atoms with Crippen LogP contribution in [0.3, 0.4) is 0 Å². The zero-order chi connectivity index (χ0) is 16.4. The van der Waals surface area contributed by atoms with E-state index in [-0.39, 0.29) is 5.91 Å². The van der Waals surface area contributed by atoms with Gasteiger partial charge in [0.2, 0.25) is 0 Å². The number of carbonyl (C=O) groups excluding carboxylic acids is 1. The van der Waals surface area contributed by atoms with Crippen molar-refractivity contribution in [2.75, 3.05) is 31.1 Å². The molecule has 0 atom stereocenters. The predicted octanol–water partition coefficient (Wildman–Crippen LogP) is 2.80. The van der Waals surface area contributed by atoms with Crippen LogP contribution in [0.25, 0.3) is 0 Å². The van der Waals surface area contributed by atoms with E-state index in [9.17, 15) is 4.79 Å². The maximum atomic E-state index is 12.8. The van der Waals surface area contributed by atoms with Crippen molar-refractivity contribution in [2.24, 2.45) is 0 Å². The number of carbonyl (C=O) groups is 1. The van der Waals surface area contributed by atoms with Gasteiger partial charge < -0.3 is 14.8 Å². The molecule has 0 aromatic carbocycles. The number of hydrogen-bond acceptors (Lipinski definition) is 3. The van der Waals surface area contributed by atoms with Gasteiger partial charge in [0.05, 0.1) is 5.56 Å². The van der Waals surface area contributed by atoms with E-state index in [2.05, 4.69) is 41.7 Å². The molecule has 3 heterocycles. The van der Waals surface area contributed by atoms with Gasteiger partial charge in [0.25, 0.3) is 5.91 Å². The molecule has 1 N–H and O–H groups in total. The van der Waals surface area contributed by atoms with Crippen LogP contribution < -0.4 is 4.90 Å². The molecule has 1 fully saturated rings. The Morgan fingerprint density at radius 3 is 2.61 bits per heavy atom. The minimum absolute atomic E-state index is 0.131. The molecule has 1 amide bonds. The quantitative estimate of drug-likeness (QED) is 0.948. The molecule has 2 aromatic rings. The van der Waals surface area contributed by atoms with Crippen molar-refractivity contribution < 1.29 is 4.79 Å². The molecule has 0 radical (unpaired) electrons. The van der Waals surface area contributed by atoms with Crippen LogP contribution in [0, 0.1) is 6.92 Å². The lowest BCUT2D eigenvalue weighted by atomic mass is 10.1. The van der Waals surface area contributed by atoms with Crippen molar-refractivity contribution in [1.29, 1.82) is 0 Å². The summed E-state index contributed by atoms with van der Waals surface area (Å²) in [6.45, 7) is 9.39. The van der Waals surface area contributed by atoms with Crippen LogP contribution in [-0.2, 0) is 0 Å². The second-order valence-electron chi connectivity index (χ2n) is 6.43. The zero-order valence-electron chi connectivity index (χ0n) is 14.0. The van der Waals surface area contributed by atoms with E-state index in [1.54, 1.807) is 0 Å². The molecule has 3 rings (SSSR count). The lowest BCUT2D eigenvalue weighted by Crippen LogP contribution is -2.49. The molecular formula is C18H24N4O. The Hall–Kier alpha value is -2.30. The standard InChI is InChI=1S/C18H24N4O/c1-13(2)17-15(5-7-20-17)18(23)22-10-8-21(9-11-22)16-12-14(3)4-6-19-16/h4-7,12-13,20H,8-11H2,1-3H3. The molecule has 2 aromatic heterocycles. The number of pyridine rings is 1. The minimum Gasteiger partial charge on any atom is -0.364 e. The molecule has 122 valence electrons. The van der Waals surface area contributed by atoms with E-state index in [4.69, 9.17) is 0 Å². The van der Waals surface area contributed by atoms with Crippen molar-refractivity contribution in [3.8, 4) is 0 Å². The molecule has 0 spiro atoms. The average molecular weight is 312 g/mol. The van der Waals surface area contributed by atoms with Crippen LogP contribution in [0.15, 0.2) is 30.6 Å². The summed E-state index contributed by atoms with van der Waals surface area (Å²) in [6.07, 6.45) is 3.70. The van der Waals surface area contributed by atoms with Gasteiger partial charge in [0.15, 0.2) is 0 Å². The van der Waals surface area contributed by atoms with Gasteiger partial charge in [-0.05, 0) is 36.6 Å². The van der Waals surface area contributed by atoms with Crippen LogP contribution in [0.1, 0.15) is 41.4 Å². The highest BCUT2D eigenvalue weighted by Crippen LogP contribution is 2.21. The number of nitrogens with one attached hydrogen (secondary N) is 1. The first-order valence-electron chi connectivity index (χ1n) is 8.20. The normalized spacial score (nSPS) is 15.3. The topological polar surface area (TPSA) is 52.2 Å². The van der Waals surface area contributed by atoms with Gasteiger partial charge in [-0.3, -0.25) is 4.79 Å². The summed E-state index contributed by atoms with van der Waals surface area (Å²) in [5.41, 5.74) is 3.04. The number of aromatic amines is 1. The van der Waals surface area contributed by atoms with Crippen molar-refractivity contribution in [1.82, 2.24) is 14.9 Å². The average Bonchev–Trinajstić information content (AvgIpc) is 3.04. The first kappa shape index (κ1) is 15.6. The molecule has 1 saturated heterocycles. The Morgan fingerprint density at radius 2 is 1.96 bits per heavy atom. The van der Waals surface area contributed by atoms with Crippen LogP contribution in [0.5, 0.6) is 0 Å². The SMILES string of the molecule is Cc1ccnc(N2CCN(C(=O)c3cc[nH]c3C(C)C)CC2)c1. The highest BCUT2D eigenvalue weighted by molar-refractivity contribution is 5.95. The van der Waals surface area contributed by atoms with E-state index in [1.165, 1.54) is 5.56 Å². The van der Waals surface area contributed by atoms with Crippen LogP contribution in [-0.4, -0.2) is 47.0 Å². The van der Waals surface area contributed by atoms with Crippen molar-refractivity contribution >= 4 is 11.7 Å². The first-order valence-corrected chi connectivity index (χ1v) is 8.20. The maximum Gasteiger partial charge on any atom is 0.255 e. The number of aromatic nitrogens is 2. The number of amides is 1. The Bertz CT molecular complexity index is 684. The Labute approximate surface area is 137 Å². The number of rotatable bonds is 3. The summed E-state index contributed by atoms with van der Waals surface area (Å²) < 4.78 is 0. The van der Waals surface area contributed by atoms with Gasteiger partial charge in [-0.15, -0.1) is 0 Å². The molecule has 23 heavy (non-hydrogen) atoms. The Balaban J connectivity index is 1.67. The molecule has 1 aliphatic heterocycles. The summed E-state index contributed by atoms with van der Waals surface area (Å²) in [5.74, 6) is 1.45. The van der Waals surface area contributed by atoms with Gasteiger partial charge in [0.1, 0.15) is 5.82 Å². The number of piperazine rings is 1. The second kappa shape index (κ2) is 6.44. The fraction of sp³-hybridized carbons (Fsp3) is 0.444. The Kier molecular flexibility index (Phi) is 4.37. The van der Waals surface area contributed by atoms with E-state index in [0.29, 0.717) is 5.92 Å². The van der Waals surface area contributed by atoms with Crippen molar-refractivity contribution in [3.63, 3.8) is 0 Å². The molecule has 5 nitrogen and oxygen atoms in total. The number of aryl methyl sites for hydroxylation is 1. The van der Waals surface area contributed by atoms with Crippen LogP contribution in [0.4, 0.5) is 5.82 Å². The number of nitrogens with zero attached hydrogens (tertiary/aromatic N) is 3. The summed E-state index contributed by atoms with van der Waals surface area (Å²) in [5, 5.41) is 0. The van der Waals surface area contributed by atoms with Gasteiger partial charge >= 0.3 is 0 Å². The van der Waals surface area contributed by atoms with Crippen LogP contribution in [0.2, 0.25) is 0 Å². The lowest BCUT2D eigenvalue weighted by molar-refractivity contribution is 0.0745. The van der Waals surface area contributed by atoms with Gasteiger partial charge in [-0.1, -0.05) is 13.8 Å². The van der Waals surface area contributed by atoms with Gasteiger partial charge in [-0.25, -0.2) is 4.98 Å². The van der Waals surface area contributed by atoms with E-state index in [0.717, 1.165) is 43.3 Å². The highest BCUT2D eigenvalue weighted by atomic mass is 16.2. The third-order valence-electron chi connectivity index (χ3n) is 4.38. The summed E-state index contributed by atoms with van der Waals surface area (Å²) in [7, 11) is 0. The van der Waals surface area contributed by atoms with E-state index < -0.39 is 0 Å². The molecule has 0 bridgehead atoms. The first-order chi connectivity index (χ1) is 11.1. The largest absolute Gasteiger partial charge is 0.364 e. The second-order valence-corrected chi connectivity index (χ2v) is 6.43. The summed E-state index contributed by atoms with van der Waals surface area (Å²) in [4.78, 5) is 24.6. The summed E-state index contributed by atoms with van der Waals surface area (Å²) >= 11 is 0. The smallest absolute Gasteiger partial charge is 0.255 e. The van der Waals surface area contributed by atoms with Crippen molar-refractivity contribution in [3.05, 3.63) is 47.4 Å². The van der Waals surface area contributed by atoms with Crippen LogP contribution >= 0.6 is 0 Å². The molecule has 0 unspecified atom stereocenters. The number of anilines is 1. The lowest BCUT2D eigenvalue weighted by Gasteiger charge is -2.35. The van der Waals surface area contributed by atoms with Gasteiger partial charge in [-0.2, -0.15) is 0 Å². The Morgan fingerprint density at radius 1 is 1.22 bits per heavy atom. The van der Waals surface area contributed by atoms with Crippen molar-refractivity contribution in [2.45, 2.75) is 26.7 Å². The molecular weight excluding hydrogens is 288 g/mol. The maximum absolute atomic E-state index is 12.8. The molecule has 0 aliphatic carbocycles. The third-order valence-corrected chi connectivity index (χ3v) is 4.38.